The number of piperidine rings is 1. The number of benzene rings is 1. The number of hydrogen-bond donors (Lipinski definition) is 1. The molecule has 1 saturated heterocycles. The molecule has 1 N–H and O–H groups in total. The SMILES string of the molecule is Cc1nc(C2CCCN(Cc3nc4ccccc4nc3C)C2)cc(=O)[nH]1. The van der Waals surface area contributed by atoms with Gasteiger partial charge in [0.1, 0.15) is 5.82 Å². The molecular formula is C20H23N5O. The molecule has 0 amide bonds. The highest BCUT2D eigenvalue weighted by Gasteiger charge is 2.24. The zero-order valence-electron chi connectivity index (χ0n) is 15.2. The van der Waals surface area contributed by atoms with Crippen LogP contribution in [0.25, 0.3) is 11.0 Å². The van der Waals surface area contributed by atoms with E-state index in [1.54, 1.807) is 6.07 Å². The third kappa shape index (κ3) is 3.51. The predicted octanol–water partition coefficient (Wildman–Crippen LogP) is 2.71. The van der Waals surface area contributed by atoms with Crippen LogP contribution in [-0.4, -0.2) is 37.9 Å². The number of nitrogens with zero attached hydrogens (tertiary/aromatic N) is 4. The van der Waals surface area contributed by atoms with Crippen molar-refractivity contribution in [3.8, 4) is 0 Å². The number of hydrogen-bond acceptors (Lipinski definition) is 5. The second kappa shape index (κ2) is 6.96. The van der Waals surface area contributed by atoms with Gasteiger partial charge in [0.15, 0.2) is 0 Å². The fraction of sp³-hybridized carbons (Fsp3) is 0.400. The Morgan fingerprint density at radius 3 is 2.69 bits per heavy atom. The van der Waals surface area contributed by atoms with E-state index >= 15 is 0 Å². The largest absolute Gasteiger partial charge is 0.311 e. The molecule has 1 unspecified atom stereocenters. The van der Waals surface area contributed by atoms with Crippen LogP contribution in [0, 0.1) is 13.8 Å². The van der Waals surface area contributed by atoms with Gasteiger partial charge < -0.3 is 4.98 Å². The van der Waals surface area contributed by atoms with Gasteiger partial charge in [0.2, 0.25) is 0 Å². The molecule has 1 aliphatic heterocycles. The summed E-state index contributed by atoms with van der Waals surface area (Å²) in [4.78, 5) is 31.0. The van der Waals surface area contributed by atoms with Gasteiger partial charge in [-0.1, -0.05) is 12.1 Å². The van der Waals surface area contributed by atoms with Crippen molar-refractivity contribution < 1.29 is 0 Å². The van der Waals surface area contributed by atoms with Crippen LogP contribution in [0.5, 0.6) is 0 Å². The van der Waals surface area contributed by atoms with Crippen LogP contribution in [0.1, 0.15) is 41.7 Å². The third-order valence-electron chi connectivity index (χ3n) is 5.02. The molecular weight excluding hydrogens is 326 g/mol. The van der Waals surface area contributed by atoms with Crippen LogP contribution in [-0.2, 0) is 6.54 Å². The lowest BCUT2D eigenvalue weighted by molar-refractivity contribution is 0.196. The maximum absolute atomic E-state index is 11.8. The van der Waals surface area contributed by atoms with E-state index in [4.69, 9.17) is 9.97 Å². The first-order valence-corrected chi connectivity index (χ1v) is 9.11. The standard InChI is InChI=1S/C20H23N5O/c1-13-19(24-17-8-4-3-7-16(17)21-13)12-25-9-5-6-15(11-25)18-10-20(26)23-14(2)22-18/h3-4,7-8,10,15H,5-6,9,11-12H2,1-2H3,(H,22,23,26). The molecule has 6 nitrogen and oxygen atoms in total. The maximum Gasteiger partial charge on any atom is 0.251 e. The van der Waals surface area contributed by atoms with E-state index in [9.17, 15) is 4.79 Å². The lowest BCUT2D eigenvalue weighted by Crippen LogP contribution is -2.35. The van der Waals surface area contributed by atoms with Gasteiger partial charge in [-0.3, -0.25) is 9.69 Å². The van der Waals surface area contributed by atoms with E-state index in [0.29, 0.717) is 11.7 Å². The Morgan fingerprint density at radius 1 is 1.15 bits per heavy atom. The number of aromatic amines is 1. The van der Waals surface area contributed by atoms with Gasteiger partial charge in [-0.15, -0.1) is 0 Å². The Balaban J connectivity index is 1.55. The molecule has 1 aromatic carbocycles. The quantitative estimate of drug-likeness (QED) is 0.787. The molecule has 0 aliphatic carbocycles. The molecule has 0 saturated carbocycles. The number of fused-ring (bicyclic) bond motifs is 1. The molecule has 134 valence electrons. The van der Waals surface area contributed by atoms with Crippen molar-refractivity contribution >= 4 is 11.0 Å². The second-order valence-corrected chi connectivity index (χ2v) is 7.07. The van der Waals surface area contributed by atoms with Crippen LogP contribution in [0.3, 0.4) is 0 Å². The molecule has 4 rings (SSSR count). The first-order valence-electron chi connectivity index (χ1n) is 9.11. The average molecular weight is 349 g/mol. The van der Waals surface area contributed by atoms with Gasteiger partial charge >= 0.3 is 0 Å². The van der Waals surface area contributed by atoms with E-state index in [-0.39, 0.29) is 5.56 Å². The molecule has 0 spiro atoms. The molecule has 1 aliphatic rings. The number of H-pyrrole nitrogens is 1. The zero-order valence-corrected chi connectivity index (χ0v) is 15.2. The van der Waals surface area contributed by atoms with Crippen molar-refractivity contribution in [2.45, 2.75) is 39.2 Å². The first kappa shape index (κ1) is 16.8. The number of aryl methyl sites for hydroxylation is 2. The highest BCUT2D eigenvalue weighted by molar-refractivity contribution is 5.74. The van der Waals surface area contributed by atoms with Crippen molar-refractivity contribution in [3.63, 3.8) is 0 Å². The lowest BCUT2D eigenvalue weighted by Gasteiger charge is -2.32. The van der Waals surface area contributed by atoms with Crippen molar-refractivity contribution in [2.75, 3.05) is 13.1 Å². The van der Waals surface area contributed by atoms with E-state index < -0.39 is 0 Å². The summed E-state index contributed by atoms with van der Waals surface area (Å²) in [5, 5.41) is 0. The lowest BCUT2D eigenvalue weighted by atomic mass is 9.94. The Bertz CT molecular complexity index is 997. The molecule has 3 heterocycles. The molecule has 2 aromatic heterocycles. The number of rotatable bonds is 3. The second-order valence-electron chi connectivity index (χ2n) is 7.07. The Morgan fingerprint density at radius 2 is 1.92 bits per heavy atom. The smallest absolute Gasteiger partial charge is 0.251 e. The molecule has 0 radical (unpaired) electrons. The highest BCUT2D eigenvalue weighted by Crippen LogP contribution is 2.26. The average Bonchev–Trinajstić information content (AvgIpc) is 2.62. The van der Waals surface area contributed by atoms with Crippen LogP contribution < -0.4 is 5.56 Å². The fourth-order valence-corrected chi connectivity index (χ4v) is 3.74. The van der Waals surface area contributed by atoms with E-state index in [1.165, 1.54) is 0 Å². The van der Waals surface area contributed by atoms with Crippen LogP contribution in [0.2, 0.25) is 0 Å². The van der Waals surface area contributed by atoms with Gasteiger partial charge in [-0.25, -0.2) is 15.0 Å². The fourth-order valence-electron chi connectivity index (χ4n) is 3.74. The maximum atomic E-state index is 11.8. The summed E-state index contributed by atoms with van der Waals surface area (Å²) in [6.45, 7) is 6.57. The van der Waals surface area contributed by atoms with Crippen molar-refractivity contribution in [3.05, 3.63) is 63.6 Å². The Kier molecular flexibility index (Phi) is 4.51. The molecule has 1 fully saturated rings. The summed E-state index contributed by atoms with van der Waals surface area (Å²) >= 11 is 0. The third-order valence-corrected chi connectivity index (χ3v) is 5.02. The van der Waals surface area contributed by atoms with Gasteiger partial charge in [0.25, 0.3) is 5.56 Å². The number of nitrogens with one attached hydrogen (secondary N) is 1. The summed E-state index contributed by atoms with van der Waals surface area (Å²) in [5.41, 5.74) is 4.72. The summed E-state index contributed by atoms with van der Waals surface area (Å²) in [7, 11) is 0. The number of aromatic nitrogens is 4. The van der Waals surface area contributed by atoms with Gasteiger partial charge in [0.05, 0.1) is 28.1 Å². The first-order chi connectivity index (χ1) is 12.6. The minimum absolute atomic E-state index is 0.0686. The van der Waals surface area contributed by atoms with E-state index in [0.717, 1.165) is 60.6 Å². The summed E-state index contributed by atoms with van der Waals surface area (Å²) in [5.74, 6) is 0.972. The van der Waals surface area contributed by atoms with Gasteiger partial charge in [-0.05, 0) is 45.4 Å². The molecule has 1 atom stereocenters. The summed E-state index contributed by atoms with van der Waals surface area (Å²) in [6.07, 6.45) is 2.16. The number of para-hydroxylation sites is 2. The summed E-state index contributed by atoms with van der Waals surface area (Å²) < 4.78 is 0. The Hall–Kier alpha value is -2.60. The predicted molar refractivity (Wildman–Crippen MR) is 101 cm³/mol. The topological polar surface area (TPSA) is 74.8 Å². The van der Waals surface area contributed by atoms with E-state index in [2.05, 4.69) is 14.9 Å². The number of likely N-dealkylation sites (tertiary alicyclic amines) is 1. The highest BCUT2D eigenvalue weighted by atomic mass is 16.1. The van der Waals surface area contributed by atoms with E-state index in [1.807, 2.05) is 38.1 Å². The van der Waals surface area contributed by atoms with Crippen molar-refractivity contribution in [1.29, 1.82) is 0 Å². The molecule has 6 heteroatoms. The monoisotopic (exact) mass is 349 g/mol. The van der Waals surface area contributed by atoms with Crippen LogP contribution in [0.15, 0.2) is 35.1 Å². The molecule has 26 heavy (non-hydrogen) atoms. The minimum Gasteiger partial charge on any atom is -0.311 e. The Labute approximate surface area is 152 Å². The van der Waals surface area contributed by atoms with Crippen LogP contribution >= 0.6 is 0 Å². The molecule has 0 bridgehead atoms. The minimum atomic E-state index is -0.0686. The normalized spacial score (nSPS) is 18.3. The zero-order chi connectivity index (χ0) is 18.1. The molecule has 3 aromatic rings. The summed E-state index contributed by atoms with van der Waals surface area (Å²) in [6, 6.07) is 9.63. The van der Waals surface area contributed by atoms with Crippen LogP contribution in [0.4, 0.5) is 0 Å². The van der Waals surface area contributed by atoms with Gasteiger partial charge in [-0.2, -0.15) is 0 Å². The van der Waals surface area contributed by atoms with Crippen molar-refractivity contribution in [2.24, 2.45) is 0 Å². The van der Waals surface area contributed by atoms with Crippen molar-refractivity contribution in [1.82, 2.24) is 24.8 Å². The van der Waals surface area contributed by atoms with Gasteiger partial charge in [0, 0.05) is 25.1 Å².